The van der Waals surface area contributed by atoms with Crippen LogP contribution in [0.5, 0.6) is 5.88 Å². The van der Waals surface area contributed by atoms with Crippen LogP contribution in [0, 0.1) is 0 Å². The lowest BCUT2D eigenvalue weighted by Crippen LogP contribution is -2.16. The van der Waals surface area contributed by atoms with Crippen LogP contribution < -0.4 is 10.4 Å². The molecule has 6 heteroatoms. The number of H-pyrrole nitrogens is 1. The number of rotatable bonds is 4. The predicted octanol–water partition coefficient (Wildman–Crippen LogP) is 1.65. The Balaban J connectivity index is 2.07. The number of aromatic amines is 1. The molecule has 0 radical (unpaired) electrons. The normalized spacial score (nSPS) is 10.7. The first-order chi connectivity index (χ1) is 10.2. The van der Waals surface area contributed by atoms with Gasteiger partial charge in [-0.05, 0) is 6.92 Å². The van der Waals surface area contributed by atoms with Crippen molar-refractivity contribution in [2.75, 3.05) is 6.61 Å². The highest BCUT2D eigenvalue weighted by Crippen LogP contribution is 2.12. The average molecular weight is 283 g/mol. The molecule has 0 unspecified atom stereocenters. The first-order valence-corrected chi connectivity index (χ1v) is 6.54. The van der Waals surface area contributed by atoms with Gasteiger partial charge >= 0.3 is 5.69 Å². The molecule has 2 aromatic heterocycles. The molecule has 0 fully saturated rings. The number of ketones is 1. The van der Waals surface area contributed by atoms with Crippen molar-refractivity contribution in [3.8, 4) is 5.88 Å². The summed E-state index contributed by atoms with van der Waals surface area (Å²) in [6.45, 7) is 2.25. The summed E-state index contributed by atoms with van der Waals surface area (Å²) in [6, 6.07) is 10.4. The predicted molar refractivity (Wildman–Crippen MR) is 76.9 cm³/mol. The second kappa shape index (κ2) is 5.24. The van der Waals surface area contributed by atoms with Gasteiger partial charge in [0.25, 0.3) is 0 Å². The highest BCUT2D eigenvalue weighted by Gasteiger charge is 2.14. The Morgan fingerprint density at radius 3 is 2.81 bits per heavy atom. The number of hydrogen-bond donors (Lipinski definition) is 1. The molecule has 3 aromatic rings. The Bertz CT molecular complexity index is 849. The highest BCUT2D eigenvalue weighted by molar-refractivity contribution is 6.07. The zero-order valence-corrected chi connectivity index (χ0v) is 11.4. The number of imidazole rings is 1. The summed E-state index contributed by atoms with van der Waals surface area (Å²) in [5, 5.41) is 0. The molecule has 6 nitrogen and oxygen atoms in total. The first kappa shape index (κ1) is 13.1. The maximum Gasteiger partial charge on any atom is 0.334 e. The average Bonchev–Trinajstić information content (AvgIpc) is 2.92. The van der Waals surface area contributed by atoms with E-state index in [2.05, 4.69) is 9.97 Å². The zero-order valence-electron chi connectivity index (χ0n) is 11.4. The van der Waals surface area contributed by atoms with Crippen molar-refractivity contribution in [1.82, 2.24) is 14.4 Å². The van der Waals surface area contributed by atoms with Crippen LogP contribution in [-0.2, 0) is 0 Å². The van der Waals surface area contributed by atoms with E-state index in [1.807, 2.05) is 13.0 Å². The molecular weight excluding hydrogens is 270 g/mol. The summed E-state index contributed by atoms with van der Waals surface area (Å²) in [4.78, 5) is 31.0. The van der Waals surface area contributed by atoms with Crippen molar-refractivity contribution in [2.24, 2.45) is 0 Å². The Kier molecular flexibility index (Phi) is 3.27. The molecule has 0 atom stereocenters. The molecule has 0 amide bonds. The van der Waals surface area contributed by atoms with E-state index >= 15 is 0 Å². The molecule has 2 heterocycles. The zero-order chi connectivity index (χ0) is 14.8. The van der Waals surface area contributed by atoms with E-state index in [4.69, 9.17) is 4.74 Å². The van der Waals surface area contributed by atoms with Gasteiger partial charge < -0.3 is 4.74 Å². The SMILES string of the molecule is CCOc1cc2nc(C(=O)c3ccccc3)cn2c(=O)[nH]1. The van der Waals surface area contributed by atoms with Crippen molar-refractivity contribution < 1.29 is 9.53 Å². The van der Waals surface area contributed by atoms with Crippen LogP contribution in [-0.4, -0.2) is 26.8 Å². The molecular formula is C15H13N3O3. The maximum atomic E-state index is 12.3. The Labute approximate surface area is 120 Å². The minimum absolute atomic E-state index is 0.223. The largest absolute Gasteiger partial charge is 0.479 e. The molecule has 106 valence electrons. The molecule has 0 bridgehead atoms. The fourth-order valence-corrected chi connectivity index (χ4v) is 2.06. The molecule has 0 aliphatic heterocycles. The van der Waals surface area contributed by atoms with Crippen LogP contribution >= 0.6 is 0 Å². The number of ether oxygens (including phenoxy) is 1. The molecule has 1 N–H and O–H groups in total. The van der Waals surface area contributed by atoms with Crippen LogP contribution in [0.1, 0.15) is 23.0 Å². The number of aromatic nitrogens is 3. The van der Waals surface area contributed by atoms with Gasteiger partial charge in [0.2, 0.25) is 5.78 Å². The van der Waals surface area contributed by atoms with Crippen molar-refractivity contribution >= 4 is 11.4 Å². The Morgan fingerprint density at radius 1 is 1.33 bits per heavy atom. The Morgan fingerprint density at radius 2 is 2.10 bits per heavy atom. The third-order valence-corrected chi connectivity index (χ3v) is 3.01. The third-order valence-electron chi connectivity index (χ3n) is 3.01. The summed E-state index contributed by atoms with van der Waals surface area (Å²) < 4.78 is 6.55. The van der Waals surface area contributed by atoms with E-state index < -0.39 is 5.69 Å². The molecule has 1 aromatic carbocycles. The number of carbonyl (C=O) groups excluding carboxylic acids is 1. The quantitative estimate of drug-likeness (QED) is 0.739. The van der Waals surface area contributed by atoms with Crippen LogP contribution in [0.25, 0.3) is 5.65 Å². The van der Waals surface area contributed by atoms with Crippen LogP contribution in [0.4, 0.5) is 0 Å². The summed E-state index contributed by atoms with van der Waals surface area (Å²) in [6.07, 6.45) is 1.43. The van der Waals surface area contributed by atoms with Gasteiger partial charge in [0, 0.05) is 17.8 Å². The lowest BCUT2D eigenvalue weighted by molar-refractivity contribution is 0.103. The monoisotopic (exact) mass is 283 g/mol. The van der Waals surface area contributed by atoms with E-state index in [0.717, 1.165) is 0 Å². The molecule has 0 saturated carbocycles. The molecule has 0 aliphatic carbocycles. The van der Waals surface area contributed by atoms with E-state index in [9.17, 15) is 9.59 Å². The van der Waals surface area contributed by atoms with Gasteiger partial charge in [-0.25, -0.2) is 9.78 Å². The second-order valence-electron chi connectivity index (χ2n) is 4.42. The van der Waals surface area contributed by atoms with Crippen LogP contribution in [0.15, 0.2) is 47.4 Å². The number of nitrogens with one attached hydrogen (secondary N) is 1. The first-order valence-electron chi connectivity index (χ1n) is 6.54. The number of benzene rings is 1. The van der Waals surface area contributed by atoms with Crippen molar-refractivity contribution in [3.63, 3.8) is 0 Å². The third kappa shape index (κ3) is 2.43. The highest BCUT2D eigenvalue weighted by atomic mass is 16.5. The van der Waals surface area contributed by atoms with Gasteiger partial charge in [-0.3, -0.25) is 14.2 Å². The lowest BCUT2D eigenvalue weighted by Gasteiger charge is -2.01. The standard InChI is InChI=1S/C15H13N3O3/c1-2-21-13-8-12-16-11(9-18(12)15(20)17-13)14(19)10-6-4-3-5-7-10/h3-9H,2H2,1H3,(H,17,20). The van der Waals surface area contributed by atoms with Crippen molar-refractivity contribution in [2.45, 2.75) is 6.92 Å². The van der Waals surface area contributed by atoms with Gasteiger partial charge in [-0.1, -0.05) is 30.3 Å². The van der Waals surface area contributed by atoms with Crippen molar-refractivity contribution in [3.05, 3.63) is 64.3 Å². The fourth-order valence-electron chi connectivity index (χ4n) is 2.06. The molecule has 3 rings (SSSR count). The van der Waals surface area contributed by atoms with E-state index in [1.165, 1.54) is 10.6 Å². The number of fused-ring (bicyclic) bond motifs is 1. The topological polar surface area (TPSA) is 76.5 Å². The molecule has 0 spiro atoms. The summed E-state index contributed by atoms with van der Waals surface area (Å²) >= 11 is 0. The van der Waals surface area contributed by atoms with Gasteiger partial charge in [0.05, 0.1) is 6.61 Å². The van der Waals surface area contributed by atoms with E-state index in [0.29, 0.717) is 23.7 Å². The molecule has 21 heavy (non-hydrogen) atoms. The smallest absolute Gasteiger partial charge is 0.334 e. The van der Waals surface area contributed by atoms with Crippen LogP contribution in [0.3, 0.4) is 0 Å². The number of carbonyl (C=O) groups is 1. The van der Waals surface area contributed by atoms with Gasteiger partial charge in [-0.2, -0.15) is 0 Å². The van der Waals surface area contributed by atoms with Gasteiger partial charge in [0.15, 0.2) is 5.88 Å². The summed E-state index contributed by atoms with van der Waals surface area (Å²) in [5.41, 5.74) is 0.736. The second-order valence-corrected chi connectivity index (χ2v) is 4.42. The van der Waals surface area contributed by atoms with Crippen molar-refractivity contribution in [1.29, 1.82) is 0 Å². The van der Waals surface area contributed by atoms with Gasteiger partial charge in [-0.15, -0.1) is 0 Å². The van der Waals surface area contributed by atoms with Crippen LogP contribution in [0.2, 0.25) is 0 Å². The Hall–Kier alpha value is -2.89. The number of hydrogen-bond acceptors (Lipinski definition) is 4. The fraction of sp³-hybridized carbons (Fsp3) is 0.133. The van der Waals surface area contributed by atoms with E-state index in [1.54, 1.807) is 30.3 Å². The van der Waals surface area contributed by atoms with E-state index in [-0.39, 0.29) is 11.5 Å². The number of nitrogens with zero attached hydrogens (tertiary/aromatic N) is 2. The maximum absolute atomic E-state index is 12.3. The lowest BCUT2D eigenvalue weighted by atomic mass is 10.1. The van der Waals surface area contributed by atoms with Gasteiger partial charge in [0.1, 0.15) is 11.3 Å². The molecule has 0 saturated heterocycles. The summed E-state index contributed by atoms with van der Waals surface area (Å²) in [5.74, 6) is 0.107. The minimum atomic E-state index is -0.393. The minimum Gasteiger partial charge on any atom is -0.479 e. The molecule has 0 aliphatic rings. The summed E-state index contributed by atoms with van der Waals surface area (Å²) in [7, 11) is 0.